The molecular formula is C15H12NO4PS. The van der Waals surface area contributed by atoms with E-state index in [9.17, 15) is 4.57 Å². The number of fused-ring (bicyclic) bond motifs is 1. The van der Waals surface area contributed by atoms with Crippen molar-refractivity contribution in [3.8, 4) is 5.75 Å². The molecule has 5 nitrogen and oxygen atoms in total. The van der Waals surface area contributed by atoms with Crippen LogP contribution in [0.2, 0.25) is 0 Å². The number of benzene rings is 2. The Morgan fingerprint density at radius 2 is 1.77 bits per heavy atom. The van der Waals surface area contributed by atoms with Crippen LogP contribution >= 0.6 is 19.2 Å². The summed E-state index contributed by atoms with van der Waals surface area (Å²) in [6.45, 7) is 0. The Morgan fingerprint density at radius 1 is 1.05 bits per heavy atom. The number of nitrogens with zero attached hydrogens (tertiary/aromatic N) is 1. The third kappa shape index (κ3) is 3.81. The van der Waals surface area contributed by atoms with Crippen molar-refractivity contribution < 1.29 is 18.9 Å². The maximum Gasteiger partial charge on any atom is 0.524 e. The van der Waals surface area contributed by atoms with Crippen molar-refractivity contribution >= 4 is 41.5 Å². The zero-order chi connectivity index (χ0) is 15.6. The molecule has 3 rings (SSSR count). The SMILES string of the molecule is O=P(O)(O)Oc1ccc(C=Cc2nc3ccccc3s2)cc1. The molecule has 2 aromatic carbocycles. The predicted octanol–water partition coefficient (Wildman–Crippen LogP) is 3.94. The van der Waals surface area contributed by atoms with Gasteiger partial charge in [-0.15, -0.1) is 11.3 Å². The van der Waals surface area contributed by atoms with Crippen LogP contribution in [-0.2, 0) is 4.57 Å². The third-order valence-corrected chi connectivity index (χ3v) is 4.28. The molecular weight excluding hydrogens is 321 g/mol. The van der Waals surface area contributed by atoms with E-state index in [2.05, 4.69) is 9.51 Å². The molecule has 22 heavy (non-hydrogen) atoms. The zero-order valence-electron chi connectivity index (χ0n) is 11.3. The highest BCUT2D eigenvalue weighted by Gasteiger charge is 2.15. The third-order valence-electron chi connectivity index (χ3n) is 2.83. The lowest BCUT2D eigenvalue weighted by molar-refractivity contribution is 0.283. The number of aromatic nitrogens is 1. The van der Waals surface area contributed by atoms with Crippen molar-refractivity contribution in [1.29, 1.82) is 0 Å². The van der Waals surface area contributed by atoms with E-state index in [1.807, 2.05) is 36.4 Å². The van der Waals surface area contributed by atoms with Gasteiger partial charge in [0, 0.05) is 0 Å². The van der Waals surface area contributed by atoms with Crippen LogP contribution in [0.15, 0.2) is 48.5 Å². The van der Waals surface area contributed by atoms with Gasteiger partial charge in [-0.05, 0) is 35.9 Å². The fourth-order valence-corrected chi connectivity index (χ4v) is 3.17. The summed E-state index contributed by atoms with van der Waals surface area (Å²) in [5.41, 5.74) is 1.86. The van der Waals surface area contributed by atoms with Gasteiger partial charge in [-0.2, -0.15) is 0 Å². The van der Waals surface area contributed by atoms with Crippen LogP contribution in [0.4, 0.5) is 0 Å². The first-order valence-corrected chi connectivity index (χ1v) is 8.73. The topological polar surface area (TPSA) is 79.7 Å². The van der Waals surface area contributed by atoms with Gasteiger partial charge in [0.15, 0.2) is 0 Å². The first kappa shape index (κ1) is 14.9. The van der Waals surface area contributed by atoms with E-state index >= 15 is 0 Å². The Labute approximate surface area is 130 Å². The molecule has 0 spiro atoms. The number of phosphoric ester groups is 1. The molecule has 0 atom stereocenters. The highest BCUT2D eigenvalue weighted by Crippen LogP contribution is 2.37. The molecule has 0 fully saturated rings. The predicted molar refractivity (Wildman–Crippen MR) is 87.7 cm³/mol. The van der Waals surface area contributed by atoms with Crippen molar-refractivity contribution in [2.75, 3.05) is 0 Å². The fourth-order valence-electron chi connectivity index (χ4n) is 1.91. The van der Waals surface area contributed by atoms with E-state index in [1.54, 1.807) is 23.5 Å². The lowest BCUT2D eigenvalue weighted by atomic mass is 10.2. The monoisotopic (exact) mass is 333 g/mol. The van der Waals surface area contributed by atoms with E-state index in [0.717, 1.165) is 20.8 Å². The van der Waals surface area contributed by atoms with Crippen molar-refractivity contribution in [3.63, 3.8) is 0 Å². The molecule has 112 valence electrons. The largest absolute Gasteiger partial charge is 0.524 e. The van der Waals surface area contributed by atoms with Gasteiger partial charge in [0.2, 0.25) is 0 Å². The number of hydrogen-bond acceptors (Lipinski definition) is 4. The summed E-state index contributed by atoms with van der Waals surface area (Å²) in [7, 11) is -4.51. The fraction of sp³-hybridized carbons (Fsp3) is 0. The van der Waals surface area contributed by atoms with Gasteiger partial charge in [0.1, 0.15) is 10.8 Å². The molecule has 0 saturated heterocycles. The second kappa shape index (κ2) is 6.02. The number of hydrogen-bond donors (Lipinski definition) is 2. The average molecular weight is 333 g/mol. The van der Waals surface area contributed by atoms with E-state index in [4.69, 9.17) is 9.79 Å². The average Bonchev–Trinajstić information content (AvgIpc) is 2.88. The first-order chi connectivity index (χ1) is 10.5. The zero-order valence-corrected chi connectivity index (χ0v) is 13.0. The van der Waals surface area contributed by atoms with Crippen LogP contribution < -0.4 is 4.52 Å². The van der Waals surface area contributed by atoms with Gasteiger partial charge in [0.05, 0.1) is 10.2 Å². The van der Waals surface area contributed by atoms with Crippen LogP contribution in [0, 0.1) is 0 Å². The molecule has 0 saturated carbocycles. The van der Waals surface area contributed by atoms with Gasteiger partial charge in [-0.3, -0.25) is 9.79 Å². The summed E-state index contributed by atoms with van der Waals surface area (Å²) in [5.74, 6) is 0.130. The standard InChI is InChI=1S/C15H12NO4PS/c17-21(18,19)20-12-8-5-11(6-9-12)7-10-15-16-13-3-1-2-4-14(13)22-15/h1-10H,(H2,17,18,19). The second-order valence-electron chi connectivity index (χ2n) is 4.50. The van der Waals surface area contributed by atoms with Crippen molar-refractivity contribution in [2.24, 2.45) is 0 Å². The molecule has 0 radical (unpaired) electrons. The normalized spacial score (nSPS) is 12.1. The van der Waals surface area contributed by atoms with Crippen LogP contribution in [0.25, 0.3) is 22.4 Å². The Morgan fingerprint density at radius 3 is 2.45 bits per heavy atom. The number of para-hydroxylation sites is 1. The molecule has 0 amide bonds. The lowest BCUT2D eigenvalue weighted by Gasteiger charge is -2.06. The van der Waals surface area contributed by atoms with Crippen molar-refractivity contribution in [3.05, 3.63) is 59.1 Å². The van der Waals surface area contributed by atoms with Crippen LogP contribution in [-0.4, -0.2) is 14.8 Å². The Bertz CT molecular complexity index is 834. The minimum Gasteiger partial charge on any atom is -0.404 e. The Kier molecular flexibility index (Phi) is 4.09. The van der Waals surface area contributed by atoms with Gasteiger partial charge in [-0.1, -0.05) is 30.3 Å². The Hall–Kier alpha value is -1.98. The van der Waals surface area contributed by atoms with E-state index in [-0.39, 0.29) is 5.75 Å². The summed E-state index contributed by atoms with van der Waals surface area (Å²) >= 11 is 1.60. The molecule has 3 aromatic rings. The first-order valence-electron chi connectivity index (χ1n) is 6.38. The van der Waals surface area contributed by atoms with Gasteiger partial charge in [0.25, 0.3) is 0 Å². The van der Waals surface area contributed by atoms with Crippen LogP contribution in [0.3, 0.4) is 0 Å². The minimum absolute atomic E-state index is 0.130. The smallest absolute Gasteiger partial charge is 0.404 e. The van der Waals surface area contributed by atoms with Crippen molar-refractivity contribution in [2.45, 2.75) is 0 Å². The van der Waals surface area contributed by atoms with E-state index < -0.39 is 7.82 Å². The molecule has 0 aliphatic carbocycles. The summed E-state index contributed by atoms with van der Waals surface area (Å²) < 4.78 is 16.4. The highest BCUT2D eigenvalue weighted by atomic mass is 32.1. The molecule has 0 bridgehead atoms. The van der Waals surface area contributed by atoms with Crippen LogP contribution in [0.1, 0.15) is 10.6 Å². The summed E-state index contributed by atoms with van der Waals surface area (Å²) in [6.07, 6.45) is 3.79. The Balaban J connectivity index is 1.76. The van der Waals surface area contributed by atoms with Crippen LogP contribution in [0.5, 0.6) is 5.75 Å². The molecule has 7 heteroatoms. The van der Waals surface area contributed by atoms with Gasteiger partial charge < -0.3 is 4.52 Å². The number of phosphoric acid groups is 1. The summed E-state index contributed by atoms with van der Waals surface area (Å²) in [6, 6.07) is 14.4. The summed E-state index contributed by atoms with van der Waals surface area (Å²) in [5, 5.41) is 0.900. The van der Waals surface area contributed by atoms with E-state index in [0.29, 0.717) is 0 Å². The van der Waals surface area contributed by atoms with Crippen molar-refractivity contribution in [1.82, 2.24) is 4.98 Å². The minimum atomic E-state index is -4.51. The molecule has 2 N–H and O–H groups in total. The number of thiazole rings is 1. The highest BCUT2D eigenvalue weighted by molar-refractivity contribution is 7.46. The lowest BCUT2D eigenvalue weighted by Crippen LogP contribution is -1.89. The molecule has 0 aliphatic heterocycles. The van der Waals surface area contributed by atoms with Gasteiger partial charge >= 0.3 is 7.82 Å². The second-order valence-corrected chi connectivity index (χ2v) is 6.73. The quantitative estimate of drug-likeness (QED) is 0.707. The molecule has 1 heterocycles. The van der Waals surface area contributed by atoms with E-state index in [1.165, 1.54) is 12.1 Å². The number of rotatable bonds is 4. The van der Waals surface area contributed by atoms with Gasteiger partial charge in [-0.25, -0.2) is 9.55 Å². The summed E-state index contributed by atoms with van der Waals surface area (Å²) in [4.78, 5) is 22.0. The molecule has 1 aromatic heterocycles. The molecule has 0 aliphatic rings. The maximum absolute atomic E-state index is 10.7. The maximum atomic E-state index is 10.7. The molecule has 0 unspecified atom stereocenters.